The Kier molecular flexibility index (Phi) is 7.38. The highest BCUT2D eigenvalue weighted by atomic mass is 32.2. The summed E-state index contributed by atoms with van der Waals surface area (Å²) in [4.78, 5) is 12.5. The Hall–Kier alpha value is -2.38. The molecule has 0 aliphatic heterocycles. The fourth-order valence-corrected chi connectivity index (χ4v) is 3.93. The highest BCUT2D eigenvalue weighted by Crippen LogP contribution is 2.26. The predicted octanol–water partition coefficient (Wildman–Crippen LogP) is 2.98. The molecule has 2 aromatic rings. The molecule has 0 spiro atoms. The zero-order valence-corrected chi connectivity index (χ0v) is 16.8. The van der Waals surface area contributed by atoms with E-state index in [4.69, 9.17) is 4.74 Å². The first-order valence-electron chi connectivity index (χ1n) is 8.88. The topological polar surface area (TPSA) is 75.7 Å². The fraction of sp³-hybridized carbons (Fsp3) is 0.350. The average molecular weight is 391 g/mol. The third-order valence-electron chi connectivity index (χ3n) is 4.15. The van der Waals surface area contributed by atoms with Crippen LogP contribution < -0.4 is 9.62 Å². The molecule has 27 heavy (non-hydrogen) atoms. The second-order valence-corrected chi connectivity index (χ2v) is 8.06. The van der Waals surface area contributed by atoms with Gasteiger partial charge in [0.05, 0.1) is 10.6 Å². The molecule has 0 unspecified atom stereocenters. The maximum absolute atomic E-state index is 12.8. The predicted molar refractivity (Wildman–Crippen MR) is 107 cm³/mol. The van der Waals surface area contributed by atoms with E-state index in [2.05, 4.69) is 5.32 Å². The molecule has 2 aromatic carbocycles. The number of amides is 1. The number of ether oxygens (including phenoxy) is 1. The van der Waals surface area contributed by atoms with Crippen LogP contribution in [0.15, 0.2) is 53.4 Å². The van der Waals surface area contributed by atoms with Crippen molar-refractivity contribution >= 4 is 21.6 Å². The molecule has 0 heterocycles. The summed E-state index contributed by atoms with van der Waals surface area (Å²) < 4.78 is 32.0. The van der Waals surface area contributed by atoms with Gasteiger partial charge in [-0.3, -0.25) is 9.10 Å². The standard InChI is InChI=1S/C20H26N2O4S/c1-4-26-14-8-13-21-20(23)17-11-12-19(16(2)15-17)22(3)27(24,25)18-9-6-5-7-10-18/h5-7,9-12,15H,4,8,13-14H2,1-3H3,(H,21,23). The minimum atomic E-state index is -3.65. The van der Waals surface area contributed by atoms with Crippen molar-refractivity contribution in [2.45, 2.75) is 25.2 Å². The molecule has 0 aliphatic rings. The highest BCUT2D eigenvalue weighted by Gasteiger charge is 2.22. The molecule has 0 aliphatic carbocycles. The summed E-state index contributed by atoms with van der Waals surface area (Å²) in [5.74, 6) is -0.185. The maximum Gasteiger partial charge on any atom is 0.264 e. The van der Waals surface area contributed by atoms with E-state index in [1.807, 2.05) is 6.92 Å². The molecule has 1 amide bonds. The highest BCUT2D eigenvalue weighted by molar-refractivity contribution is 7.92. The molecule has 6 nitrogen and oxygen atoms in total. The molecule has 0 saturated carbocycles. The SMILES string of the molecule is CCOCCCNC(=O)c1ccc(N(C)S(=O)(=O)c2ccccc2)c(C)c1. The van der Waals surface area contributed by atoms with Crippen LogP contribution in [0.5, 0.6) is 0 Å². The molecular weight excluding hydrogens is 364 g/mol. The lowest BCUT2D eigenvalue weighted by molar-refractivity contribution is 0.0944. The Morgan fingerprint density at radius 2 is 1.85 bits per heavy atom. The van der Waals surface area contributed by atoms with Crippen LogP contribution in [0.3, 0.4) is 0 Å². The van der Waals surface area contributed by atoms with Gasteiger partial charge in [0.1, 0.15) is 0 Å². The largest absolute Gasteiger partial charge is 0.382 e. The third-order valence-corrected chi connectivity index (χ3v) is 5.94. The van der Waals surface area contributed by atoms with Gasteiger partial charge in [-0.1, -0.05) is 18.2 Å². The van der Waals surface area contributed by atoms with Gasteiger partial charge < -0.3 is 10.1 Å². The van der Waals surface area contributed by atoms with Gasteiger partial charge in [0.2, 0.25) is 0 Å². The van der Waals surface area contributed by atoms with Gasteiger partial charge in [-0.2, -0.15) is 0 Å². The summed E-state index contributed by atoms with van der Waals surface area (Å²) >= 11 is 0. The zero-order chi connectivity index (χ0) is 19.9. The van der Waals surface area contributed by atoms with E-state index in [0.717, 1.165) is 6.42 Å². The van der Waals surface area contributed by atoms with Crippen LogP contribution in [0.4, 0.5) is 5.69 Å². The fourth-order valence-electron chi connectivity index (χ4n) is 2.65. The second kappa shape index (κ2) is 9.53. The minimum Gasteiger partial charge on any atom is -0.382 e. The van der Waals surface area contributed by atoms with Crippen LogP contribution in [0.25, 0.3) is 0 Å². The van der Waals surface area contributed by atoms with Crippen LogP contribution in [-0.2, 0) is 14.8 Å². The van der Waals surface area contributed by atoms with Crippen LogP contribution >= 0.6 is 0 Å². The normalized spacial score (nSPS) is 11.2. The van der Waals surface area contributed by atoms with Crippen molar-refractivity contribution in [3.8, 4) is 0 Å². The van der Waals surface area contributed by atoms with Crippen LogP contribution in [0.1, 0.15) is 29.3 Å². The molecule has 7 heteroatoms. The lowest BCUT2D eigenvalue weighted by atomic mass is 10.1. The summed E-state index contributed by atoms with van der Waals surface area (Å²) in [6.07, 6.45) is 0.745. The molecule has 2 rings (SSSR count). The van der Waals surface area contributed by atoms with Gasteiger partial charge in [-0.25, -0.2) is 8.42 Å². The van der Waals surface area contributed by atoms with Crippen molar-refractivity contribution in [3.05, 3.63) is 59.7 Å². The number of aryl methyl sites for hydroxylation is 1. The minimum absolute atomic E-state index is 0.185. The van der Waals surface area contributed by atoms with E-state index in [1.165, 1.54) is 11.4 Å². The molecule has 0 atom stereocenters. The van der Waals surface area contributed by atoms with Crippen molar-refractivity contribution < 1.29 is 17.9 Å². The summed E-state index contributed by atoms with van der Waals surface area (Å²) in [5.41, 5.74) is 1.74. The van der Waals surface area contributed by atoms with Crippen molar-refractivity contribution in [2.24, 2.45) is 0 Å². The molecule has 0 fully saturated rings. The lowest BCUT2D eigenvalue weighted by Gasteiger charge is -2.22. The molecule has 146 valence electrons. The van der Waals surface area contributed by atoms with Crippen LogP contribution in [0, 0.1) is 6.92 Å². The first-order chi connectivity index (χ1) is 12.9. The molecule has 0 bridgehead atoms. The maximum atomic E-state index is 12.8. The van der Waals surface area contributed by atoms with Crippen molar-refractivity contribution in [2.75, 3.05) is 31.1 Å². The number of nitrogens with one attached hydrogen (secondary N) is 1. The number of rotatable bonds is 9. The summed E-state index contributed by atoms with van der Waals surface area (Å²) in [5, 5.41) is 2.84. The quantitative estimate of drug-likeness (QED) is 0.668. The Morgan fingerprint density at radius 3 is 2.48 bits per heavy atom. The number of nitrogens with zero attached hydrogens (tertiary/aromatic N) is 1. The van der Waals surface area contributed by atoms with Crippen molar-refractivity contribution in [1.82, 2.24) is 5.32 Å². The van der Waals surface area contributed by atoms with Crippen molar-refractivity contribution in [3.63, 3.8) is 0 Å². The molecule has 0 aromatic heterocycles. The van der Waals surface area contributed by atoms with E-state index in [9.17, 15) is 13.2 Å². The summed E-state index contributed by atoms with van der Waals surface area (Å²) in [6, 6.07) is 13.3. The van der Waals surface area contributed by atoms with Gasteiger partial charge in [0, 0.05) is 32.4 Å². The monoisotopic (exact) mass is 390 g/mol. The van der Waals surface area contributed by atoms with E-state index in [-0.39, 0.29) is 10.8 Å². The molecule has 1 N–H and O–H groups in total. The Bertz CT molecular complexity index is 867. The zero-order valence-electron chi connectivity index (χ0n) is 15.9. The van der Waals surface area contributed by atoms with E-state index in [1.54, 1.807) is 55.5 Å². The lowest BCUT2D eigenvalue weighted by Crippen LogP contribution is -2.28. The second-order valence-electron chi connectivity index (χ2n) is 6.09. The van der Waals surface area contributed by atoms with Gasteiger partial charge in [-0.05, 0) is 56.2 Å². The number of carbonyl (C=O) groups excluding carboxylic acids is 1. The smallest absolute Gasteiger partial charge is 0.264 e. The number of sulfonamides is 1. The summed E-state index contributed by atoms with van der Waals surface area (Å²) in [6.45, 7) is 5.52. The molecule has 0 radical (unpaired) electrons. The molecule has 0 saturated heterocycles. The van der Waals surface area contributed by atoms with Crippen LogP contribution in [-0.4, -0.2) is 41.1 Å². The third kappa shape index (κ3) is 5.30. The van der Waals surface area contributed by atoms with Gasteiger partial charge in [-0.15, -0.1) is 0 Å². The Morgan fingerprint density at radius 1 is 1.15 bits per heavy atom. The number of benzene rings is 2. The first-order valence-corrected chi connectivity index (χ1v) is 10.3. The number of carbonyl (C=O) groups is 1. The van der Waals surface area contributed by atoms with Crippen molar-refractivity contribution in [1.29, 1.82) is 0 Å². The number of hydrogen-bond acceptors (Lipinski definition) is 4. The van der Waals surface area contributed by atoms with Gasteiger partial charge in [0.15, 0.2) is 0 Å². The summed E-state index contributed by atoms with van der Waals surface area (Å²) in [7, 11) is -2.14. The van der Waals surface area contributed by atoms with E-state index >= 15 is 0 Å². The Labute approximate surface area is 161 Å². The first kappa shape index (κ1) is 20.9. The Balaban J connectivity index is 2.11. The van der Waals surface area contributed by atoms with E-state index in [0.29, 0.717) is 36.6 Å². The van der Waals surface area contributed by atoms with Crippen LogP contribution in [0.2, 0.25) is 0 Å². The van der Waals surface area contributed by atoms with Gasteiger partial charge in [0.25, 0.3) is 15.9 Å². The van der Waals surface area contributed by atoms with Gasteiger partial charge >= 0.3 is 0 Å². The number of anilines is 1. The molecular formula is C20H26N2O4S. The number of hydrogen-bond donors (Lipinski definition) is 1. The van der Waals surface area contributed by atoms with E-state index < -0.39 is 10.0 Å². The average Bonchev–Trinajstić information content (AvgIpc) is 2.67.